The van der Waals surface area contributed by atoms with Gasteiger partial charge in [0.2, 0.25) is 0 Å². The molecule has 0 saturated carbocycles. The summed E-state index contributed by atoms with van der Waals surface area (Å²) in [6, 6.07) is 10.5. The highest BCUT2D eigenvalue weighted by Gasteiger charge is 2.21. The molecule has 3 rings (SSSR count). The summed E-state index contributed by atoms with van der Waals surface area (Å²) in [5, 5.41) is 0. The maximum absolute atomic E-state index is 5.85. The Morgan fingerprint density at radius 2 is 1.89 bits per heavy atom. The summed E-state index contributed by atoms with van der Waals surface area (Å²) < 4.78 is 0. The van der Waals surface area contributed by atoms with Crippen LogP contribution in [0.4, 0.5) is 22.9 Å². The second-order valence-electron chi connectivity index (χ2n) is 4.96. The highest BCUT2D eigenvalue weighted by Crippen LogP contribution is 2.36. The molecule has 2 heterocycles. The minimum Gasteiger partial charge on any atom is -0.397 e. The highest BCUT2D eigenvalue weighted by molar-refractivity contribution is 5.78. The molecule has 1 aliphatic rings. The fraction of sp³-hybridized carbons (Fsp3) is 0.267. The summed E-state index contributed by atoms with van der Waals surface area (Å²) in [6.45, 7) is 3.94. The number of nitrogens with zero attached hydrogens (tertiary/aromatic N) is 3. The van der Waals surface area contributed by atoms with E-state index in [-0.39, 0.29) is 0 Å². The van der Waals surface area contributed by atoms with E-state index in [2.05, 4.69) is 52.2 Å². The van der Waals surface area contributed by atoms with Crippen molar-refractivity contribution in [1.82, 2.24) is 4.98 Å². The van der Waals surface area contributed by atoms with E-state index in [9.17, 15) is 0 Å². The average Bonchev–Trinajstić information content (AvgIpc) is 2.43. The van der Waals surface area contributed by atoms with Gasteiger partial charge in [-0.1, -0.05) is 12.1 Å². The van der Waals surface area contributed by atoms with Gasteiger partial charge in [0.05, 0.1) is 23.3 Å². The molecule has 98 valence electrons. The Morgan fingerprint density at radius 1 is 1.16 bits per heavy atom. The van der Waals surface area contributed by atoms with Gasteiger partial charge in [0.1, 0.15) is 5.82 Å². The number of aryl methyl sites for hydroxylation is 1. The molecule has 0 aliphatic carbocycles. The largest absolute Gasteiger partial charge is 0.397 e. The first-order valence-corrected chi connectivity index (χ1v) is 6.46. The van der Waals surface area contributed by atoms with E-state index in [0.29, 0.717) is 0 Å². The number of rotatable bonds is 1. The lowest BCUT2D eigenvalue weighted by molar-refractivity contribution is 0.813. The van der Waals surface area contributed by atoms with Gasteiger partial charge in [0.25, 0.3) is 0 Å². The molecular formula is C15H18N4. The molecule has 1 aromatic heterocycles. The Balaban J connectivity index is 2.07. The molecule has 4 nitrogen and oxygen atoms in total. The van der Waals surface area contributed by atoms with Gasteiger partial charge in [0.15, 0.2) is 0 Å². The smallest absolute Gasteiger partial charge is 0.133 e. The first kappa shape index (κ1) is 11.8. The van der Waals surface area contributed by atoms with Crippen LogP contribution in [0.3, 0.4) is 0 Å². The van der Waals surface area contributed by atoms with Gasteiger partial charge in [0, 0.05) is 20.1 Å². The molecule has 0 amide bonds. The third-order valence-corrected chi connectivity index (χ3v) is 3.66. The van der Waals surface area contributed by atoms with Crippen molar-refractivity contribution in [3.63, 3.8) is 0 Å². The van der Waals surface area contributed by atoms with E-state index in [1.165, 1.54) is 11.4 Å². The first-order chi connectivity index (χ1) is 9.16. The highest BCUT2D eigenvalue weighted by atomic mass is 15.3. The van der Waals surface area contributed by atoms with E-state index in [4.69, 9.17) is 5.73 Å². The number of pyridine rings is 1. The topological polar surface area (TPSA) is 45.4 Å². The number of benzene rings is 1. The molecule has 1 aliphatic heterocycles. The molecule has 0 bridgehead atoms. The monoisotopic (exact) mass is 254 g/mol. The Morgan fingerprint density at radius 3 is 2.63 bits per heavy atom. The number of aromatic nitrogens is 1. The van der Waals surface area contributed by atoms with Crippen molar-refractivity contribution >= 4 is 22.9 Å². The normalized spacial score (nSPS) is 14.4. The van der Waals surface area contributed by atoms with Gasteiger partial charge in [-0.15, -0.1) is 0 Å². The average molecular weight is 254 g/mol. The van der Waals surface area contributed by atoms with Crippen molar-refractivity contribution in [2.75, 3.05) is 35.7 Å². The van der Waals surface area contributed by atoms with Crippen LogP contribution in [0.2, 0.25) is 0 Å². The molecule has 2 aromatic rings. The lowest BCUT2D eigenvalue weighted by atomic mass is 10.1. The lowest BCUT2D eigenvalue weighted by Crippen LogP contribution is -2.36. The standard InChI is InChI=1S/C15H18N4/c1-11-9-15(17-10-12(11)16)19-8-7-18(2)13-5-3-4-6-14(13)19/h3-6,9-10H,7-8,16H2,1-2H3. The Kier molecular flexibility index (Phi) is 2.78. The molecule has 0 fully saturated rings. The molecular weight excluding hydrogens is 236 g/mol. The van der Waals surface area contributed by atoms with Crippen LogP contribution in [0.25, 0.3) is 0 Å². The third-order valence-electron chi connectivity index (χ3n) is 3.66. The van der Waals surface area contributed by atoms with Crippen molar-refractivity contribution in [1.29, 1.82) is 0 Å². The van der Waals surface area contributed by atoms with Crippen molar-refractivity contribution in [2.45, 2.75) is 6.92 Å². The van der Waals surface area contributed by atoms with Gasteiger partial charge >= 0.3 is 0 Å². The van der Waals surface area contributed by atoms with E-state index < -0.39 is 0 Å². The van der Waals surface area contributed by atoms with Crippen molar-refractivity contribution in [3.05, 3.63) is 42.1 Å². The molecule has 0 saturated heterocycles. The van der Waals surface area contributed by atoms with Gasteiger partial charge in [-0.2, -0.15) is 0 Å². The fourth-order valence-electron chi connectivity index (χ4n) is 2.44. The van der Waals surface area contributed by atoms with E-state index in [1.54, 1.807) is 6.20 Å². The number of nitrogens with two attached hydrogens (primary N) is 1. The predicted molar refractivity (Wildman–Crippen MR) is 80.1 cm³/mol. The summed E-state index contributed by atoms with van der Waals surface area (Å²) in [6.07, 6.45) is 1.74. The maximum Gasteiger partial charge on any atom is 0.133 e. The van der Waals surface area contributed by atoms with E-state index in [0.717, 1.165) is 30.2 Å². The van der Waals surface area contributed by atoms with Crippen molar-refractivity contribution in [3.8, 4) is 0 Å². The summed E-state index contributed by atoms with van der Waals surface area (Å²) in [7, 11) is 2.12. The van der Waals surface area contributed by atoms with Crippen molar-refractivity contribution < 1.29 is 0 Å². The van der Waals surface area contributed by atoms with Crippen LogP contribution in [0.15, 0.2) is 36.5 Å². The van der Waals surface area contributed by atoms with Gasteiger partial charge < -0.3 is 15.5 Å². The number of hydrogen-bond donors (Lipinski definition) is 1. The maximum atomic E-state index is 5.85. The number of fused-ring (bicyclic) bond motifs is 1. The molecule has 0 unspecified atom stereocenters. The zero-order chi connectivity index (χ0) is 13.4. The summed E-state index contributed by atoms with van der Waals surface area (Å²) in [5.74, 6) is 0.965. The van der Waals surface area contributed by atoms with Gasteiger partial charge in [-0.05, 0) is 30.7 Å². The van der Waals surface area contributed by atoms with E-state index in [1.807, 2.05) is 6.92 Å². The third kappa shape index (κ3) is 1.99. The number of hydrogen-bond acceptors (Lipinski definition) is 4. The number of anilines is 4. The quantitative estimate of drug-likeness (QED) is 0.849. The molecule has 1 aromatic carbocycles. The van der Waals surface area contributed by atoms with Gasteiger partial charge in [-0.3, -0.25) is 0 Å². The Labute approximate surface area is 113 Å². The summed E-state index contributed by atoms with van der Waals surface area (Å²) >= 11 is 0. The molecule has 0 atom stereocenters. The lowest BCUT2D eigenvalue weighted by Gasteiger charge is -2.36. The molecule has 19 heavy (non-hydrogen) atoms. The second-order valence-corrected chi connectivity index (χ2v) is 4.96. The second kappa shape index (κ2) is 4.46. The van der Waals surface area contributed by atoms with Crippen LogP contribution in [-0.4, -0.2) is 25.1 Å². The van der Waals surface area contributed by atoms with Crippen LogP contribution in [0.5, 0.6) is 0 Å². The zero-order valence-electron chi connectivity index (χ0n) is 11.3. The number of likely N-dealkylation sites (N-methyl/N-ethyl adjacent to an activating group) is 1. The minimum atomic E-state index is 0.742. The zero-order valence-corrected chi connectivity index (χ0v) is 11.3. The van der Waals surface area contributed by atoms with Crippen LogP contribution in [0, 0.1) is 6.92 Å². The van der Waals surface area contributed by atoms with Crippen LogP contribution >= 0.6 is 0 Å². The van der Waals surface area contributed by atoms with E-state index >= 15 is 0 Å². The Hall–Kier alpha value is -2.23. The SMILES string of the molecule is Cc1cc(N2CCN(C)c3ccccc32)ncc1N. The molecule has 4 heteroatoms. The molecule has 2 N–H and O–H groups in total. The molecule has 0 spiro atoms. The van der Waals surface area contributed by atoms with Crippen LogP contribution in [-0.2, 0) is 0 Å². The number of nitrogen functional groups attached to an aromatic ring is 1. The minimum absolute atomic E-state index is 0.742. The van der Waals surface area contributed by atoms with Crippen LogP contribution < -0.4 is 15.5 Å². The fourth-order valence-corrected chi connectivity index (χ4v) is 2.44. The first-order valence-electron chi connectivity index (χ1n) is 6.46. The number of para-hydroxylation sites is 2. The van der Waals surface area contributed by atoms with Crippen LogP contribution in [0.1, 0.15) is 5.56 Å². The summed E-state index contributed by atoms with van der Waals surface area (Å²) in [4.78, 5) is 8.99. The predicted octanol–water partition coefficient (Wildman–Crippen LogP) is 2.56. The van der Waals surface area contributed by atoms with Crippen molar-refractivity contribution in [2.24, 2.45) is 0 Å². The molecule has 0 radical (unpaired) electrons. The summed E-state index contributed by atoms with van der Waals surface area (Å²) in [5.41, 5.74) is 10.1. The Bertz CT molecular complexity index is 609. The van der Waals surface area contributed by atoms with Gasteiger partial charge in [-0.25, -0.2) is 4.98 Å².